The molecule has 9 heteroatoms. The molecule has 0 aliphatic carbocycles. The SMILES string of the molecule is C=Cc1ccc(CN=C(/C=C\N=C)Nc2ccc3[nH]ncc3c2)cc1CN(C)NC(/C=C\N)=C/N. The van der Waals surface area contributed by atoms with E-state index in [1.54, 1.807) is 24.5 Å². The van der Waals surface area contributed by atoms with Crippen molar-refractivity contribution < 1.29 is 0 Å². The van der Waals surface area contributed by atoms with Gasteiger partial charge in [-0.2, -0.15) is 5.10 Å². The minimum atomic E-state index is 0.475. The predicted octanol–water partition coefficient (Wildman–Crippen LogP) is 3.64. The maximum atomic E-state index is 5.64. The first-order valence-electron chi connectivity index (χ1n) is 11.0. The molecule has 1 heterocycles. The summed E-state index contributed by atoms with van der Waals surface area (Å²) < 4.78 is 0. The van der Waals surface area contributed by atoms with Gasteiger partial charge in [0.25, 0.3) is 0 Å². The Morgan fingerprint density at radius 3 is 2.80 bits per heavy atom. The summed E-state index contributed by atoms with van der Waals surface area (Å²) >= 11 is 0. The molecule has 0 aliphatic heterocycles. The molecule has 7 N–H and O–H groups in total. The average Bonchev–Trinajstić information content (AvgIpc) is 3.33. The van der Waals surface area contributed by atoms with Crippen molar-refractivity contribution >= 4 is 35.2 Å². The number of H-pyrrole nitrogens is 1. The van der Waals surface area contributed by atoms with Crippen molar-refractivity contribution in [3.05, 3.63) is 102 Å². The Kier molecular flexibility index (Phi) is 8.98. The number of amidine groups is 1. The van der Waals surface area contributed by atoms with Gasteiger partial charge in [0.2, 0.25) is 0 Å². The molecule has 0 spiro atoms. The van der Waals surface area contributed by atoms with E-state index < -0.39 is 0 Å². The van der Waals surface area contributed by atoms with Crippen LogP contribution in [0.3, 0.4) is 0 Å². The Morgan fingerprint density at radius 1 is 1.20 bits per heavy atom. The number of anilines is 1. The summed E-state index contributed by atoms with van der Waals surface area (Å²) in [6.07, 6.45) is 11.6. The van der Waals surface area contributed by atoms with Crippen LogP contribution in [-0.4, -0.2) is 34.8 Å². The number of hydrazine groups is 1. The summed E-state index contributed by atoms with van der Waals surface area (Å²) in [5.41, 5.74) is 20.1. The summed E-state index contributed by atoms with van der Waals surface area (Å²) in [5, 5.41) is 13.3. The van der Waals surface area contributed by atoms with E-state index in [0.717, 1.165) is 33.3 Å². The Labute approximate surface area is 205 Å². The number of fused-ring (bicyclic) bond motifs is 1. The number of hydrogen-bond acceptors (Lipinski definition) is 7. The van der Waals surface area contributed by atoms with Crippen molar-refractivity contribution in [3.8, 4) is 0 Å². The third-order valence-corrected chi connectivity index (χ3v) is 5.09. The predicted molar refractivity (Wildman–Crippen MR) is 146 cm³/mol. The van der Waals surface area contributed by atoms with Crippen LogP contribution < -0.4 is 22.2 Å². The van der Waals surface area contributed by atoms with E-state index in [9.17, 15) is 0 Å². The van der Waals surface area contributed by atoms with Crippen LogP contribution in [0.4, 0.5) is 5.69 Å². The number of benzene rings is 2. The fraction of sp³-hybridized carbons (Fsp3) is 0.115. The lowest BCUT2D eigenvalue weighted by Crippen LogP contribution is -2.33. The van der Waals surface area contributed by atoms with Gasteiger partial charge in [0.1, 0.15) is 5.84 Å². The fourth-order valence-corrected chi connectivity index (χ4v) is 3.44. The van der Waals surface area contributed by atoms with Crippen LogP contribution in [0.25, 0.3) is 17.0 Å². The summed E-state index contributed by atoms with van der Waals surface area (Å²) in [5.74, 6) is 0.666. The lowest BCUT2D eigenvalue weighted by Gasteiger charge is -2.21. The summed E-state index contributed by atoms with van der Waals surface area (Å²) in [6, 6.07) is 12.2. The van der Waals surface area contributed by atoms with E-state index in [1.807, 2.05) is 48.5 Å². The van der Waals surface area contributed by atoms with Crippen LogP contribution in [-0.2, 0) is 13.1 Å². The number of nitrogens with zero attached hydrogens (tertiary/aromatic N) is 4. The molecule has 0 saturated carbocycles. The van der Waals surface area contributed by atoms with Crippen LogP contribution in [0.1, 0.15) is 16.7 Å². The lowest BCUT2D eigenvalue weighted by molar-refractivity contribution is 0.259. The standard InChI is InChI=1S/C26H31N9/c1-4-20-6-5-19(13-22(20)18-35(3)34-24(15-28)9-11-27)16-30-26(10-12-29-2)32-23-7-8-25-21(14-23)17-31-33-25/h4-15,17,34H,1-2,16,18,27-28H2,3H3,(H,30,32)(H,31,33)/b11-9-,12-10-,24-15+. The number of nitrogens with one attached hydrogen (secondary N) is 3. The van der Waals surface area contributed by atoms with E-state index in [-0.39, 0.29) is 0 Å². The van der Waals surface area contributed by atoms with Crippen LogP contribution in [0.15, 0.2) is 95.6 Å². The van der Waals surface area contributed by atoms with Gasteiger partial charge in [-0.1, -0.05) is 30.9 Å². The zero-order valence-corrected chi connectivity index (χ0v) is 19.8. The lowest BCUT2D eigenvalue weighted by atomic mass is 10.0. The highest BCUT2D eigenvalue weighted by atomic mass is 15.5. The molecule has 1 aromatic heterocycles. The van der Waals surface area contributed by atoms with Gasteiger partial charge in [-0.3, -0.25) is 15.1 Å². The zero-order chi connectivity index (χ0) is 25.0. The van der Waals surface area contributed by atoms with Gasteiger partial charge < -0.3 is 22.2 Å². The number of rotatable bonds is 11. The highest BCUT2D eigenvalue weighted by molar-refractivity contribution is 6.04. The Balaban J connectivity index is 1.78. The van der Waals surface area contributed by atoms with Crippen molar-refractivity contribution in [1.29, 1.82) is 0 Å². The first-order valence-corrected chi connectivity index (χ1v) is 11.0. The normalized spacial score (nSPS) is 12.6. The van der Waals surface area contributed by atoms with E-state index in [2.05, 4.69) is 45.3 Å². The van der Waals surface area contributed by atoms with Crippen molar-refractivity contribution in [3.63, 3.8) is 0 Å². The van der Waals surface area contributed by atoms with Crippen LogP contribution in [0.2, 0.25) is 0 Å². The number of allylic oxidation sites excluding steroid dienone is 1. The topological polar surface area (TPSA) is 133 Å². The molecule has 2 aromatic carbocycles. The Morgan fingerprint density at radius 2 is 2.06 bits per heavy atom. The van der Waals surface area contributed by atoms with E-state index in [4.69, 9.17) is 16.5 Å². The molecule has 3 rings (SSSR count). The number of aromatic nitrogens is 2. The minimum Gasteiger partial charge on any atom is -0.405 e. The fourth-order valence-electron chi connectivity index (χ4n) is 3.44. The molecule has 0 amide bonds. The highest BCUT2D eigenvalue weighted by Crippen LogP contribution is 2.18. The number of hydrogen-bond donors (Lipinski definition) is 5. The van der Waals surface area contributed by atoms with Crippen molar-refractivity contribution in [1.82, 2.24) is 20.6 Å². The Bertz CT molecular complexity index is 1280. The Hall–Kier alpha value is -4.63. The van der Waals surface area contributed by atoms with Crippen LogP contribution >= 0.6 is 0 Å². The van der Waals surface area contributed by atoms with Gasteiger partial charge >= 0.3 is 0 Å². The average molecular weight is 470 g/mol. The van der Waals surface area contributed by atoms with Crippen LogP contribution in [0, 0.1) is 0 Å². The monoisotopic (exact) mass is 469 g/mol. The number of aliphatic imine (C=N–C) groups is 2. The van der Waals surface area contributed by atoms with E-state index in [0.29, 0.717) is 24.6 Å². The zero-order valence-electron chi connectivity index (χ0n) is 19.8. The van der Waals surface area contributed by atoms with Crippen molar-refractivity contribution in [2.45, 2.75) is 13.1 Å². The quantitative estimate of drug-likeness (QED) is 0.126. The summed E-state index contributed by atoms with van der Waals surface area (Å²) in [6.45, 7) is 8.54. The molecule has 9 nitrogen and oxygen atoms in total. The van der Waals surface area contributed by atoms with Gasteiger partial charge in [-0.15, -0.1) is 0 Å². The molecule has 0 bridgehead atoms. The largest absolute Gasteiger partial charge is 0.405 e. The van der Waals surface area contributed by atoms with E-state index in [1.165, 1.54) is 12.4 Å². The molecule has 35 heavy (non-hydrogen) atoms. The molecule has 0 atom stereocenters. The van der Waals surface area contributed by atoms with E-state index >= 15 is 0 Å². The maximum absolute atomic E-state index is 5.64. The molecule has 180 valence electrons. The molecule has 0 saturated heterocycles. The third-order valence-electron chi connectivity index (χ3n) is 5.09. The number of aromatic amines is 1. The van der Waals surface area contributed by atoms with Gasteiger partial charge in [0.15, 0.2) is 0 Å². The maximum Gasteiger partial charge on any atom is 0.127 e. The minimum absolute atomic E-state index is 0.475. The van der Waals surface area contributed by atoms with Crippen molar-refractivity contribution in [2.24, 2.45) is 21.5 Å². The van der Waals surface area contributed by atoms with Crippen LogP contribution in [0.5, 0.6) is 0 Å². The highest BCUT2D eigenvalue weighted by Gasteiger charge is 2.07. The number of nitrogens with two attached hydrogens (primary N) is 2. The molecule has 3 aromatic rings. The third kappa shape index (κ3) is 7.18. The van der Waals surface area contributed by atoms with Gasteiger partial charge in [-0.05, 0) is 60.0 Å². The summed E-state index contributed by atoms with van der Waals surface area (Å²) in [7, 11) is 1.93. The first-order chi connectivity index (χ1) is 17.1. The second-order valence-electron chi connectivity index (χ2n) is 7.68. The smallest absolute Gasteiger partial charge is 0.127 e. The molecular weight excluding hydrogens is 438 g/mol. The van der Waals surface area contributed by atoms with Crippen molar-refractivity contribution in [2.75, 3.05) is 12.4 Å². The molecule has 0 radical (unpaired) electrons. The van der Waals surface area contributed by atoms with Gasteiger partial charge in [-0.25, -0.2) is 5.01 Å². The molecular formula is C26H31N9. The second kappa shape index (κ2) is 12.6. The second-order valence-corrected chi connectivity index (χ2v) is 7.68. The van der Waals surface area contributed by atoms with Gasteiger partial charge in [0.05, 0.1) is 24.0 Å². The van der Waals surface area contributed by atoms with Gasteiger partial charge in [0, 0.05) is 37.1 Å². The first kappa shape index (κ1) is 25.0. The molecule has 0 unspecified atom stereocenters. The molecule has 0 aliphatic rings. The molecule has 0 fully saturated rings. The summed E-state index contributed by atoms with van der Waals surface area (Å²) in [4.78, 5) is 8.57.